The number of nitrogens with zero attached hydrogens (tertiary/aromatic N) is 4. The molecule has 0 spiro atoms. The molecule has 0 aliphatic carbocycles. The third kappa shape index (κ3) is 0.902. The minimum atomic E-state index is -0.299. The maximum Gasteiger partial charge on any atom is 0.366 e. The zero-order chi connectivity index (χ0) is 8.72. The van der Waals surface area contributed by atoms with Gasteiger partial charge in [-0.05, 0) is 12.1 Å². The molecule has 0 aliphatic rings. The Morgan fingerprint density at radius 2 is 2.17 bits per heavy atom. The first kappa shape index (κ1) is 7.30. The number of rotatable bonds is 0. The van der Waals surface area contributed by atoms with Crippen molar-refractivity contribution in [3.05, 3.63) is 27.8 Å². The van der Waals surface area contributed by atoms with Crippen molar-refractivity contribution in [1.29, 1.82) is 0 Å². The molecule has 2 heterocycles. The van der Waals surface area contributed by atoms with Crippen molar-refractivity contribution in [3.63, 3.8) is 0 Å². The lowest BCUT2D eigenvalue weighted by Gasteiger charge is -1.87. The van der Waals surface area contributed by atoms with Crippen LogP contribution in [0.15, 0.2) is 16.9 Å². The number of hydrogen-bond acceptors (Lipinski definition) is 3. The summed E-state index contributed by atoms with van der Waals surface area (Å²) in [7, 11) is 1.56. The first-order valence-corrected chi connectivity index (χ1v) is 3.65. The molecule has 6 heteroatoms. The SMILES string of the molecule is Cn1nc2ccc(Cl)nn2c1=O. The topological polar surface area (TPSA) is 52.2 Å². The Bertz CT molecular complexity index is 486. The molecule has 2 aromatic heterocycles. The van der Waals surface area contributed by atoms with Gasteiger partial charge in [-0.15, -0.1) is 10.2 Å². The first-order valence-electron chi connectivity index (χ1n) is 3.27. The van der Waals surface area contributed by atoms with Gasteiger partial charge in [0, 0.05) is 7.05 Å². The average molecular weight is 185 g/mol. The second-order valence-corrected chi connectivity index (χ2v) is 2.72. The van der Waals surface area contributed by atoms with Crippen LogP contribution in [0.25, 0.3) is 5.65 Å². The molecule has 0 bridgehead atoms. The van der Waals surface area contributed by atoms with Crippen molar-refractivity contribution in [2.75, 3.05) is 0 Å². The van der Waals surface area contributed by atoms with E-state index < -0.39 is 0 Å². The summed E-state index contributed by atoms with van der Waals surface area (Å²) in [5.41, 5.74) is 0.194. The normalized spacial score (nSPS) is 10.8. The van der Waals surface area contributed by atoms with Crippen molar-refractivity contribution in [2.45, 2.75) is 0 Å². The van der Waals surface area contributed by atoms with E-state index in [0.29, 0.717) is 5.65 Å². The Kier molecular flexibility index (Phi) is 1.41. The Balaban J connectivity index is 2.98. The fourth-order valence-corrected chi connectivity index (χ4v) is 1.08. The molecule has 0 saturated carbocycles. The predicted molar refractivity (Wildman–Crippen MR) is 43.2 cm³/mol. The van der Waals surface area contributed by atoms with Gasteiger partial charge in [0.15, 0.2) is 5.65 Å². The fourth-order valence-electron chi connectivity index (χ4n) is 0.944. The van der Waals surface area contributed by atoms with Crippen molar-refractivity contribution in [1.82, 2.24) is 19.4 Å². The van der Waals surface area contributed by atoms with Gasteiger partial charge in [0.05, 0.1) is 0 Å². The molecule has 62 valence electrons. The maximum absolute atomic E-state index is 11.2. The van der Waals surface area contributed by atoms with Gasteiger partial charge in [-0.2, -0.15) is 4.52 Å². The molecule has 0 radical (unpaired) electrons. The van der Waals surface area contributed by atoms with E-state index in [9.17, 15) is 4.79 Å². The lowest BCUT2D eigenvalue weighted by molar-refractivity contribution is 0.717. The number of aryl methyl sites for hydroxylation is 1. The Hall–Kier alpha value is -1.36. The summed E-state index contributed by atoms with van der Waals surface area (Å²) in [6, 6.07) is 3.22. The Morgan fingerprint density at radius 1 is 1.42 bits per heavy atom. The van der Waals surface area contributed by atoms with Crippen LogP contribution >= 0.6 is 11.6 Å². The molecule has 0 N–H and O–H groups in total. The van der Waals surface area contributed by atoms with E-state index in [4.69, 9.17) is 11.6 Å². The van der Waals surface area contributed by atoms with E-state index in [2.05, 4.69) is 10.2 Å². The molecule has 0 fully saturated rings. The van der Waals surface area contributed by atoms with Crippen molar-refractivity contribution >= 4 is 17.2 Å². The predicted octanol–water partition coefficient (Wildman–Crippen LogP) is 0.0814. The highest BCUT2D eigenvalue weighted by Crippen LogP contribution is 2.02. The van der Waals surface area contributed by atoms with Crippen LogP contribution in [0.2, 0.25) is 5.15 Å². The highest BCUT2D eigenvalue weighted by atomic mass is 35.5. The highest BCUT2D eigenvalue weighted by molar-refractivity contribution is 6.29. The molecule has 0 amide bonds. The summed E-state index contributed by atoms with van der Waals surface area (Å²) in [5, 5.41) is 7.96. The summed E-state index contributed by atoms with van der Waals surface area (Å²) in [6.45, 7) is 0. The quantitative estimate of drug-likeness (QED) is 0.583. The molecular formula is C6H5ClN4O. The van der Waals surface area contributed by atoms with Crippen LogP contribution in [0.1, 0.15) is 0 Å². The highest BCUT2D eigenvalue weighted by Gasteiger charge is 2.03. The van der Waals surface area contributed by atoms with Crippen molar-refractivity contribution in [3.8, 4) is 0 Å². The zero-order valence-electron chi connectivity index (χ0n) is 6.23. The molecule has 2 aromatic rings. The van der Waals surface area contributed by atoms with Gasteiger partial charge in [0.1, 0.15) is 5.15 Å². The summed E-state index contributed by atoms with van der Waals surface area (Å²) in [5.74, 6) is 0. The zero-order valence-corrected chi connectivity index (χ0v) is 6.99. The van der Waals surface area contributed by atoms with Crippen LogP contribution in [-0.4, -0.2) is 19.4 Å². The lowest BCUT2D eigenvalue weighted by atomic mass is 10.6. The van der Waals surface area contributed by atoms with Gasteiger partial charge in [0.25, 0.3) is 0 Å². The van der Waals surface area contributed by atoms with Crippen LogP contribution in [0.4, 0.5) is 0 Å². The molecule has 12 heavy (non-hydrogen) atoms. The largest absolute Gasteiger partial charge is 0.366 e. The van der Waals surface area contributed by atoms with Gasteiger partial charge < -0.3 is 0 Å². The van der Waals surface area contributed by atoms with Crippen LogP contribution in [0.3, 0.4) is 0 Å². The summed E-state index contributed by atoms with van der Waals surface area (Å²) in [6.07, 6.45) is 0. The molecule has 5 nitrogen and oxygen atoms in total. The first-order chi connectivity index (χ1) is 5.68. The van der Waals surface area contributed by atoms with E-state index in [1.165, 1.54) is 4.68 Å². The van der Waals surface area contributed by atoms with Gasteiger partial charge >= 0.3 is 5.69 Å². The van der Waals surface area contributed by atoms with Crippen LogP contribution < -0.4 is 5.69 Å². The minimum absolute atomic E-state index is 0.276. The second-order valence-electron chi connectivity index (χ2n) is 2.33. The van der Waals surface area contributed by atoms with Gasteiger partial charge in [-0.25, -0.2) is 9.48 Å². The lowest BCUT2D eigenvalue weighted by Crippen LogP contribution is -2.19. The summed E-state index contributed by atoms with van der Waals surface area (Å²) >= 11 is 5.59. The number of hydrogen-bond donors (Lipinski definition) is 0. The van der Waals surface area contributed by atoms with Crippen molar-refractivity contribution < 1.29 is 0 Å². The molecule has 0 atom stereocenters. The third-order valence-electron chi connectivity index (χ3n) is 1.49. The number of aromatic nitrogens is 4. The molecule has 2 rings (SSSR count). The van der Waals surface area contributed by atoms with Crippen LogP contribution in [0, 0.1) is 0 Å². The third-order valence-corrected chi connectivity index (χ3v) is 1.69. The molecule has 0 aliphatic heterocycles. The van der Waals surface area contributed by atoms with E-state index in [1.807, 2.05) is 0 Å². The minimum Gasteiger partial charge on any atom is -0.244 e. The molecular weight excluding hydrogens is 180 g/mol. The van der Waals surface area contributed by atoms with Gasteiger partial charge in [-0.1, -0.05) is 11.6 Å². The Labute approximate surface area is 72.2 Å². The summed E-state index contributed by atoms with van der Waals surface area (Å²) in [4.78, 5) is 11.2. The average Bonchev–Trinajstić information content (AvgIpc) is 2.31. The van der Waals surface area contributed by atoms with Gasteiger partial charge in [0.2, 0.25) is 0 Å². The maximum atomic E-state index is 11.2. The molecule has 0 unspecified atom stereocenters. The van der Waals surface area contributed by atoms with E-state index in [1.54, 1.807) is 19.2 Å². The van der Waals surface area contributed by atoms with E-state index in [0.717, 1.165) is 4.52 Å². The number of halogens is 1. The number of fused-ring (bicyclic) bond motifs is 1. The van der Waals surface area contributed by atoms with Crippen molar-refractivity contribution in [2.24, 2.45) is 7.05 Å². The molecule has 0 aromatic carbocycles. The van der Waals surface area contributed by atoms with Crippen LogP contribution in [-0.2, 0) is 7.05 Å². The van der Waals surface area contributed by atoms with Gasteiger partial charge in [-0.3, -0.25) is 0 Å². The smallest absolute Gasteiger partial charge is 0.244 e. The van der Waals surface area contributed by atoms with E-state index in [-0.39, 0.29) is 10.8 Å². The Morgan fingerprint density at radius 3 is 2.92 bits per heavy atom. The second kappa shape index (κ2) is 2.31. The van der Waals surface area contributed by atoms with Crippen LogP contribution in [0.5, 0.6) is 0 Å². The summed E-state index contributed by atoms with van der Waals surface area (Å²) < 4.78 is 2.36. The standard InChI is InChI=1S/C6H5ClN4O/c1-10-6(12)11-5(9-10)3-2-4(7)8-11/h2-3H,1H3. The monoisotopic (exact) mass is 184 g/mol. The van der Waals surface area contributed by atoms with E-state index >= 15 is 0 Å². The fraction of sp³-hybridized carbons (Fsp3) is 0.167. The molecule has 0 saturated heterocycles.